The fraction of sp³-hybridized carbons (Fsp3) is 0.318. The Kier molecular flexibility index (Phi) is 6.67. The fourth-order valence-electron chi connectivity index (χ4n) is 3.63. The number of rotatable bonds is 4. The van der Waals surface area contributed by atoms with Crippen LogP contribution in [0.4, 0.5) is 5.82 Å². The highest BCUT2D eigenvalue weighted by atomic mass is 35.5. The maximum Gasteiger partial charge on any atom is 0.272 e. The van der Waals surface area contributed by atoms with Gasteiger partial charge in [-0.15, -0.1) is 12.4 Å². The molecule has 1 atom stereocenters. The van der Waals surface area contributed by atoms with Crippen molar-refractivity contribution in [1.82, 2.24) is 20.2 Å². The van der Waals surface area contributed by atoms with Crippen molar-refractivity contribution >= 4 is 34.9 Å². The Bertz CT molecular complexity index is 982. The first-order chi connectivity index (χ1) is 13.6. The second-order valence-electron chi connectivity index (χ2n) is 7.32. The summed E-state index contributed by atoms with van der Waals surface area (Å²) in [4.78, 5) is 26.1. The van der Waals surface area contributed by atoms with Crippen LogP contribution >= 0.6 is 12.4 Å². The van der Waals surface area contributed by atoms with Crippen LogP contribution in [0.2, 0.25) is 0 Å². The molecule has 4 rings (SSSR count). The van der Waals surface area contributed by atoms with Crippen molar-refractivity contribution in [3.05, 3.63) is 66.1 Å². The van der Waals surface area contributed by atoms with Crippen LogP contribution in [0.5, 0.6) is 0 Å². The quantitative estimate of drug-likeness (QED) is 0.713. The van der Waals surface area contributed by atoms with Crippen LogP contribution in [0, 0.1) is 0 Å². The van der Waals surface area contributed by atoms with E-state index in [0.29, 0.717) is 5.69 Å². The minimum Gasteiger partial charge on any atom is -0.353 e. The van der Waals surface area contributed by atoms with E-state index >= 15 is 0 Å². The SMILES string of the molecule is CC(NC(=O)c1cncc(N2CCN(C)CC2)n1)c1cccc2ccccc12.Cl. The Labute approximate surface area is 177 Å². The maximum atomic E-state index is 12.8. The average molecular weight is 412 g/mol. The number of hydrogen-bond donors (Lipinski definition) is 1. The van der Waals surface area contributed by atoms with Crippen molar-refractivity contribution < 1.29 is 4.79 Å². The Morgan fingerprint density at radius 2 is 1.76 bits per heavy atom. The lowest BCUT2D eigenvalue weighted by Gasteiger charge is -2.33. The van der Waals surface area contributed by atoms with Crippen LogP contribution in [0.15, 0.2) is 54.9 Å². The van der Waals surface area contributed by atoms with Gasteiger partial charge in [-0.3, -0.25) is 9.78 Å². The number of nitrogens with zero attached hydrogens (tertiary/aromatic N) is 4. The van der Waals surface area contributed by atoms with Crippen LogP contribution in [-0.4, -0.2) is 54.0 Å². The lowest BCUT2D eigenvalue weighted by Crippen LogP contribution is -2.45. The number of carbonyl (C=O) groups is 1. The number of halogens is 1. The van der Waals surface area contributed by atoms with Gasteiger partial charge in [-0.05, 0) is 30.3 Å². The number of nitrogens with one attached hydrogen (secondary N) is 1. The normalized spacial score (nSPS) is 15.6. The highest BCUT2D eigenvalue weighted by Crippen LogP contribution is 2.24. The highest BCUT2D eigenvalue weighted by Gasteiger charge is 2.19. The molecule has 1 unspecified atom stereocenters. The third-order valence-electron chi connectivity index (χ3n) is 5.32. The topological polar surface area (TPSA) is 61.4 Å². The lowest BCUT2D eigenvalue weighted by molar-refractivity contribution is 0.0934. The Morgan fingerprint density at radius 1 is 1.03 bits per heavy atom. The van der Waals surface area contributed by atoms with E-state index in [9.17, 15) is 4.79 Å². The molecule has 6 nitrogen and oxygen atoms in total. The first kappa shape index (κ1) is 21.0. The van der Waals surface area contributed by atoms with Gasteiger partial charge < -0.3 is 15.1 Å². The van der Waals surface area contributed by atoms with E-state index in [1.54, 1.807) is 6.20 Å². The molecule has 29 heavy (non-hydrogen) atoms. The van der Waals surface area contributed by atoms with Crippen LogP contribution in [-0.2, 0) is 0 Å². The van der Waals surface area contributed by atoms with Crippen LogP contribution < -0.4 is 10.2 Å². The van der Waals surface area contributed by atoms with Crippen LogP contribution in [0.3, 0.4) is 0 Å². The number of hydrogen-bond acceptors (Lipinski definition) is 5. The molecule has 3 aromatic rings. The molecule has 1 aliphatic heterocycles. The molecule has 1 fully saturated rings. The van der Waals surface area contributed by atoms with Gasteiger partial charge in [0.25, 0.3) is 5.91 Å². The summed E-state index contributed by atoms with van der Waals surface area (Å²) in [6.07, 6.45) is 3.26. The second-order valence-corrected chi connectivity index (χ2v) is 7.32. The van der Waals surface area contributed by atoms with Gasteiger partial charge in [0.05, 0.1) is 18.4 Å². The van der Waals surface area contributed by atoms with E-state index in [-0.39, 0.29) is 24.4 Å². The number of benzene rings is 2. The minimum absolute atomic E-state index is 0. The molecule has 0 radical (unpaired) electrons. The predicted octanol–water partition coefficient (Wildman–Crippen LogP) is 3.29. The summed E-state index contributed by atoms with van der Waals surface area (Å²) in [6, 6.07) is 14.2. The molecule has 1 aromatic heterocycles. The highest BCUT2D eigenvalue weighted by molar-refractivity contribution is 5.93. The Hall–Kier alpha value is -2.70. The van der Waals surface area contributed by atoms with E-state index in [1.807, 2.05) is 25.1 Å². The molecule has 152 valence electrons. The summed E-state index contributed by atoms with van der Waals surface area (Å²) in [6.45, 7) is 5.75. The summed E-state index contributed by atoms with van der Waals surface area (Å²) in [7, 11) is 2.11. The molecular formula is C22H26ClN5O. The number of anilines is 1. The predicted molar refractivity (Wildman–Crippen MR) is 119 cm³/mol. The zero-order valence-corrected chi connectivity index (χ0v) is 17.5. The standard InChI is InChI=1S/C22H25N5O.ClH/c1-16(18-9-5-7-17-6-3-4-8-19(17)18)24-22(28)20-14-23-15-21(25-20)27-12-10-26(2)11-13-27;/h3-9,14-16H,10-13H2,1-2H3,(H,24,28);1H. The van der Waals surface area contributed by atoms with Gasteiger partial charge in [-0.2, -0.15) is 0 Å². The van der Waals surface area contributed by atoms with Gasteiger partial charge in [0, 0.05) is 26.2 Å². The van der Waals surface area contributed by atoms with Gasteiger partial charge in [0.2, 0.25) is 0 Å². The van der Waals surface area contributed by atoms with Crippen molar-refractivity contribution in [2.45, 2.75) is 13.0 Å². The zero-order chi connectivity index (χ0) is 19.5. The van der Waals surface area contributed by atoms with E-state index in [1.165, 1.54) is 6.20 Å². The van der Waals surface area contributed by atoms with Gasteiger partial charge >= 0.3 is 0 Å². The Balaban J connectivity index is 0.00000240. The molecule has 2 aromatic carbocycles. The van der Waals surface area contributed by atoms with Crippen molar-refractivity contribution in [3.63, 3.8) is 0 Å². The largest absolute Gasteiger partial charge is 0.353 e. The summed E-state index contributed by atoms with van der Waals surface area (Å²) in [5, 5.41) is 5.39. The summed E-state index contributed by atoms with van der Waals surface area (Å²) < 4.78 is 0. The van der Waals surface area contributed by atoms with Gasteiger partial charge in [0.15, 0.2) is 0 Å². The number of piperazine rings is 1. The smallest absolute Gasteiger partial charge is 0.272 e. The molecule has 2 heterocycles. The monoisotopic (exact) mass is 411 g/mol. The van der Waals surface area contributed by atoms with Crippen LogP contribution in [0.1, 0.15) is 29.0 Å². The molecule has 7 heteroatoms. The third-order valence-corrected chi connectivity index (χ3v) is 5.32. The molecule has 0 aliphatic carbocycles. The fourth-order valence-corrected chi connectivity index (χ4v) is 3.63. The third kappa shape index (κ3) is 4.66. The molecular weight excluding hydrogens is 386 g/mol. The number of aromatic nitrogens is 2. The second kappa shape index (κ2) is 9.20. The molecule has 0 bridgehead atoms. The summed E-state index contributed by atoms with van der Waals surface area (Å²) in [5.41, 5.74) is 1.44. The lowest BCUT2D eigenvalue weighted by atomic mass is 9.99. The maximum absolute atomic E-state index is 12.8. The minimum atomic E-state index is -0.205. The number of amides is 1. The molecule has 1 aliphatic rings. The number of fused-ring (bicyclic) bond motifs is 1. The number of likely N-dealkylation sites (N-methyl/N-ethyl adjacent to an activating group) is 1. The zero-order valence-electron chi connectivity index (χ0n) is 16.7. The summed E-state index contributed by atoms with van der Waals surface area (Å²) >= 11 is 0. The van der Waals surface area contributed by atoms with Gasteiger partial charge in [0.1, 0.15) is 11.5 Å². The van der Waals surface area contributed by atoms with Gasteiger partial charge in [-0.1, -0.05) is 42.5 Å². The first-order valence-corrected chi connectivity index (χ1v) is 9.66. The molecule has 0 saturated carbocycles. The molecule has 1 N–H and O–H groups in total. The summed E-state index contributed by atoms with van der Waals surface area (Å²) in [5.74, 6) is 0.558. The van der Waals surface area contributed by atoms with Crippen molar-refractivity contribution in [2.24, 2.45) is 0 Å². The van der Waals surface area contributed by atoms with Crippen LogP contribution in [0.25, 0.3) is 10.8 Å². The molecule has 1 saturated heterocycles. The molecule has 1 amide bonds. The molecule has 0 spiro atoms. The van der Waals surface area contributed by atoms with Crippen molar-refractivity contribution in [1.29, 1.82) is 0 Å². The van der Waals surface area contributed by atoms with E-state index in [2.05, 4.69) is 56.4 Å². The van der Waals surface area contributed by atoms with E-state index in [4.69, 9.17) is 0 Å². The first-order valence-electron chi connectivity index (χ1n) is 9.66. The van der Waals surface area contributed by atoms with Crippen molar-refractivity contribution in [3.8, 4) is 0 Å². The number of carbonyl (C=O) groups excluding carboxylic acids is 1. The van der Waals surface area contributed by atoms with E-state index in [0.717, 1.165) is 48.3 Å². The Morgan fingerprint density at radius 3 is 2.55 bits per heavy atom. The van der Waals surface area contributed by atoms with Crippen molar-refractivity contribution in [2.75, 3.05) is 38.1 Å². The van der Waals surface area contributed by atoms with E-state index < -0.39 is 0 Å². The van der Waals surface area contributed by atoms with Gasteiger partial charge in [-0.25, -0.2) is 4.98 Å². The average Bonchev–Trinajstić information content (AvgIpc) is 2.74.